The largest absolute Gasteiger partial charge is 0.492 e. The maximum absolute atomic E-state index is 11.9. The van der Waals surface area contributed by atoms with Crippen LogP contribution in [0.2, 0.25) is 0 Å². The van der Waals surface area contributed by atoms with E-state index in [0.29, 0.717) is 0 Å². The molecule has 2 N–H and O–H groups in total. The number of hydrogen-bond acceptors (Lipinski definition) is 3. The fourth-order valence-corrected chi connectivity index (χ4v) is 1.70. The summed E-state index contributed by atoms with van der Waals surface area (Å²) in [6.07, 6.45) is 1.39. The van der Waals surface area contributed by atoms with E-state index in [1.165, 1.54) is 16.3 Å². The first-order valence-corrected chi connectivity index (χ1v) is 5.33. The molecule has 0 amide bonds. The van der Waals surface area contributed by atoms with Crippen LogP contribution in [0.25, 0.3) is 5.69 Å². The van der Waals surface area contributed by atoms with Crippen molar-refractivity contribution < 1.29 is 5.11 Å². The number of aryl methyl sites for hydroxylation is 2. The van der Waals surface area contributed by atoms with Gasteiger partial charge >= 0.3 is 5.69 Å². The summed E-state index contributed by atoms with van der Waals surface area (Å²) < 4.78 is 2.48. The minimum atomic E-state index is -0.326. The summed E-state index contributed by atoms with van der Waals surface area (Å²) in [5.41, 5.74) is 5.29. The molecule has 0 bridgehead atoms. The minimum absolute atomic E-state index is 0.115. The summed E-state index contributed by atoms with van der Waals surface area (Å²) in [4.78, 5) is 11.9. The van der Waals surface area contributed by atoms with E-state index in [1.54, 1.807) is 7.05 Å². The highest BCUT2D eigenvalue weighted by molar-refractivity contribution is 5.40. The Morgan fingerprint density at radius 1 is 1.24 bits per heavy atom. The van der Waals surface area contributed by atoms with Crippen LogP contribution in [-0.2, 0) is 0 Å². The van der Waals surface area contributed by atoms with Crippen molar-refractivity contribution in [3.05, 3.63) is 46.0 Å². The number of imidazole rings is 1. The van der Waals surface area contributed by atoms with Gasteiger partial charge in [0.2, 0.25) is 5.88 Å². The Kier molecular flexibility index (Phi) is 2.67. The zero-order valence-corrected chi connectivity index (χ0v) is 10.1. The van der Waals surface area contributed by atoms with E-state index in [9.17, 15) is 9.90 Å². The van der Waals surface area contributed by atoms with Crippen molar-refractivity contribution >= 4 is 0 Å². The molecule has 0 saturated heterocycles. The lowest BCUT2D eigenvalue weighted by Crippen LogP contribution is -2.27. The Morgan fingerprint density at radius 2 is 1.94 bits per heavy atom. The summed E-state index contributed by atoms with van der Waals surface area (Å²) in [5, 5.41) is 9.58. The van der Waals surface area contributed by atoms with Crippen LogP contribution >= 0.6 is 0 Å². The molecule has 0 aliphatic heterocycles. The van der Waals surface area contributed by atoms with Gasteiger partial charge in [0.15, 0.2) is 0 Å². The molecule has 1 heterocycles. The monoisotopic (exact) mass is 233 g/mol. The Labute approximate surface area is 98.9 Å². The van der Waals surface area contributed by atoms with Gasteiger partial charge in [-0.05, 0) is 37.1 Å². The van der Waals surface area contributed by atoms with Crippen molar-refractivity contribution in [1.82, 2.24) is 9.24 Å². The maximum atomic E-state index is 11.9. The topological polar surface area (TPSA) is 59.2 Å². The number of aromatic nitrogens is 2. The van der Waals surface area contributed by atoms with E-state index in [-0.39, 0.29) is 11.6 Å². The van der Waals surface area contributed by atoms with Crippen molar-refractivity contribution in [3.63, 3.8) is 0 Å². The number of aromatic hydroxyl groups is 1. The van der Waals surface area contributed by atoms with Crippen LogP contribution in [0, 0.1) is 13.8 Å². The molecule has 0 aliphatic rings. The van der Waals surface area contributed by atoms with Crippen LogP contribution in [-0.4, -0.2) is 21.4 Å². The molecule has 0 atom stereocenters. The Balaban J connectivity index is 2.61. The zero-order valence-electron chi connectivity index (χ0n) is 10.1. The van der Waals surface area contributed by atoms with Gasteiger partial charge in [-0.1, -0.05) is 6.07 Å². The second kappa shape index (κ2) is 4.01. The van der Waals surface area contributed by atoms with Crippen molar-refractivity contribution in [3.8, 4) is 11.6 Å². The number of rotatable bonds is 2. The Bertz CT molecular complexity index is 611. The van der Waals surface area contributed by atoms with E-state index in [0.717, 1.165) is 15.9 Å². The van der Waals surface area contributed by atoms with Crippen LogP contribution in [0.4, 0.5) is 0 Å². The molecule has 17 heavy (non-hydrogen) atoms. The summed E-state index contributed by atoms with van der Waals surface area (Å²) in [7, 11) is 1.58. The lowest BCUT2D eigenvalue weighted by molar-refractivity contribution is 0.432. The summed E-state index contributed by atoms with van der Waals surface area (Å²) in [6.45, 7) is 4.00. The van der Waals surface area contributed by atoms with Crippen molar-refractivity contribution in [2.24, 2.45) is 0 Å². The average Bonchev–Trinajstić information content (AvgIpc) is 2.58. The van der Waals surface area contributed by atoms with E-state index in [2.05, 4.69) is 5.43 Å². The number of nitrogens with zero attached hydrogens (tertiary/aromatic N) is 2. The average molecular weight is 233 g/mol. The first-order valence-electron chi connectivity index (χ1n) is 5.33. The third-order valence-electron chi connectivity index (χ3n) is 2.86. The smallest absolute Gasteiger partial charge is 0.354 e. The standard InChI is InChI=1S/C12H15N3O2/c1-8-4-5-10(6-9(8)2)14-7-11(16)15(13-3)12(14)17/h4-7,13,16H,1-3H3. The van der Waals surface area contributed by atoms with E-state index < -0.39 is 0 Å². The molecule has 0 spiro atoms. The van der Waals surface area contributed by atoms with Gasteiger partial charge in [-0.3, -0.25) is 4.57 Å². The first-order chi connectivity index (χ1) is 8.04. The molecule has 2 aromatic rings. The maximum Gasteiger partial charge on any atom is 0.354 e. The molecular weight excluding hydrogens is 218 g/mol. The highest BCUT2D eigenvalue weighted by atomic mass is 16.3. The number of benzene rings is 1. The Hall–Kier alpha value is -2.17. The first kappa shape index (κ1) is 11.3. The van der Waals surface area contributed by atoms with Crippen LogP contribution in [0.3, 0.4) is 0 Å². The molecule has 5 nitrogen and oxygen atoms in total. The van der Waals surface area contributed by atoms with Crippen molar-refractivity contribution in [2.45, 2.75) is 13.8 Å². The predicted octanol–water partition coefficient (Wildman–Crippen LogP) is 1.13. The predicted molar refractivity (Wildman–Crippen MR) is 66.5 cm³/mol. The van der Waals surface area contributed by atoms with Gasteiger partial charge < -0.3 is 10.5 Å². The number of nitrogens with one attached hydrogen (secondary N) is 1. The van der Waals surface area contributed by atoms with Gasteiger partial charge in [-0.25, -0.2) is 4.79 Å². The van der Waals surface area contributed by atoms with E-state index in [4.69, 9.17) is 0 Å². The second-order valence-electron chi connectivity index (χ2n) is 3.97. The van der Waals surface area contributed by atoms with Crippen molar-refractivity contribution in [1.29, 1.82) is 0 Å². The molecule has 90 valence electrons. The highest BCUT2D eigenvalue weighted by Crippen LogP contribution is 2.14. The molecule has 0 saturated carbocycles. The fraction of sp³-hybridized carbons (Fsp3) is 0.250. The van der Waals surface area contributed by atoms with Crippen LogP contribution < -0.4 is 11.1 Å². The second-order valence-corrected chi connectivity index (χ2v) is 3.97. The zero-order chi connectivity index (χ0) is 12.6. The molecule has 2 rings (SSSR count). The fourth-order valence-electron chi connectivity index (χ4n) is 1.70. The van der Waals surface area contributed by atoms with E-state index >= 15 is 0 Å². The van der Waals surface area contributed by atoms with Gasteiger partial charge in [-0.15, -0.1) is 0 Å². The Morgan fingerprint density at radius 3 is 2.47 bits per heavy atom. The van der Waals surface area contributed by atoms with Gasteiger partial charge in [0.25, 0.3) is 0 Å². The van der Waals surface area contributed by atoms with Crippen LogP contribution in [0.1, 0.15) is 11.1 Å². The van der Waals surface area contributed by atoms with Crippen molar-refractivity contribution in [2.75, 3.05) is 12.5 Å². The molecule has 0 unspecified atom stereocenters. The molecule has 0 aliphatic carbocycles. The van der Waals surface area contributed by atoms with Gasteiger partial charge in [0.1, 0.15) is 0 Å². The molecule has 0 radical (unpaired) electrons. The summed E-state index contributed by atoms with van der Waals surface area (Å²) in [5.74, 6) is -0.115. The van der Waals surface area contributed by atoms with Crippen LogP contribution in [0.5, 0.6) is 5.88 Å². The van der Waals surface area contributed by atoms with Gasteiger partial charge in [0, 0.05) is 7.05 Å². The van der Waals surface area contributed by atoms with Gasteiger partial charge in [0.05, 0.1) is 11.9 Å². The minimum Gasteiger partial charge on any atom is -0.492 e. The normalized spacial score (nSPS) is 10.5. The highest BCUT2D eigenvalue weighted by Gasteiger charge is 2.10. The van der Waals surface area contributed by atoms with Gasteiger partial charge in [-0.2, -0.15) is 4.68 Å². The molecule has 1 aromatic heterocycles. The SMILES string of the molecule is CNn1c(O)cn(-c2ccc(C)c(C)c2)c1=O. The summed E-state index contributed by atoms with van der Waals surface area (Å²) >= 11 is 0. The third-order valence-corrected chi connectivity index (χ3v) is 2.86. The molecule has 0 fully saturated rings. The quantitative estimate of drug-likeness (QED) is 0.817. The molecule has 5 heteroatoms. The lowest BCUT2D eigenvalue weighted by Gasteiger charge is -2.04. The molecular formula is C12H15N3O2. The number of hydrogen-bond donors (Lipinski definition) is 2. The van der Waals surface area contributed by atoms with E-state index in [1.807, 2.05) is 32.0 Å². The third kappa shape index (κ3) is 1.80. The molecule has 1 aromatic carbocycles. The lowest BCUT2D eigenvalue weighted by atomic mass is 10.1. The summed E-state index contributed by atoms with van der Waals surface area (Å²) in [6, 6.07) is 5.71. The van der Waals surface area contributed by atoms with Crippen LogP contribution in [0.15, 0.2) is 29.2 Å².